The van der Waals surface area contributed by atoms with Crippen molar-refractivity contribution in [3.8, 4) is 5.75 Å². The van der Waals surface area contributed by atoms with Crippen molar-refractivity contribution in [2.45, 2.75) is 38.8 Å². The Morgan fingerprint density at radius 1 is 1.28 bits per heavy atom. The first-order valence-corrected chi connectivity index (χ1v) is 8.68. The number of nitrogens with zero attached hydrogens (tertiary/aromatic N) is 2. The third kappa shape index (κ3) is 4.79. The first-order valence-electron chi connectivity index (χ1n) is 8.68. The molecule has 0 saturated carbocycles. The lowest BCUT2D eigenvalue weighted by molar-refractivity contribution is -0.132. The number of aromatic nitrogens is 1. The molecule has 1 saturated heterocycles. The molecule has 0 spiro atoms. The van der Waals surface area contributed by atoms with Gasteiger partial charge in [-0.2, -0.15) is 0 Å². The normalized spacial score (nSPS) is 16.8. The van der Waals surface area contributed by atoms with Crippen LogP contribution in [0.2, 0.25) is 0 Å². The lowest BCUT2D eigenvalue weighted by Gasteiger charge is -2.26. The lowest BCUT2D eigenvalue weighted by atomic mass is 10.1. The van der Waals surface area contributed by atoms with Gasteiger partial charge in [0.15, 0.2) is 0 Å². The van der Waals surface area contributed by atoms with Crippen LogP contribution in [0.3, 0.4) is 0 Å². The topological polar surface area (TPSA) is 62.7 Å². The van der Waals surface area contributed by atoms with Crippen molar-refractivity contribution in [1.82, 2.24) is 9.88 Å². The quantitative estimate of drug-likeness (QED) is 0.878. The number of rotatable bonds is 6. The molecule has 1 aromatic carbocycles. The highest BCUT2D eigenvalue weighted by Crippen LogP contribution is 2.20. The van der Waals surface area contributed by atoms with Crippen LogP contribution in [-0.2, 0) is 22.5 Å². The molecule has 0 bridgehead atoms. The van der Waals surface area contributed by atoms with E-state index in [0.717, 1.165) is 36.1 Å². The number of hydrogen-bond donors (Lipinski definition) is 1. The van der Waals surface area contributed by atoms with Crippen molar-refractivity contribution < 1.29 is 14.6 Å². The fourth-order valence-corrected chi connectivity index (χ4v) is 3.05. The zero-order valence-electron chi connectivity index (χ0n) is 14.5. The summed E-state index contributed by atoms with van der Waals surface area (Å²) in [5.74, 6) is 0.265. The van der Waals surface area contributed by atoms with Gasteiger partial charge in [-0.15, -0.1) is 0 Å². The van der Waals surface area contributed by atoms with E-state index in [-0.39, 0.29) is 24.2 Å². The number of hydrogen-bond acceptors (Lipinski definition) is 4. The average Bonchev–Trinajstić information content (AvgIpc) is 3.12. The smallest absolute Gasteiger partial charge is 0.227 e. The third-order valence-corrected chi connectivity index (χ3v) is 4.55. The third-order valence-electron chi connectivity index (χ3n) is 4.55. The van der Waals surface area contributed by atoms with Crippen molar-refractivity contribution >= 4 is 5.91 Å². The number of carbonyl (C=O) groups excluding carboxylic acids is 1. The molecule has 1 atom stereocenters. The van der Waals surface area contributed by atoms with Gasteiger partial charge >= 0.3 is 0 Å². The maximum absolute atomic E-state index is 12.9. The number of ether oxygens (including phenoxy) is 1. The van der Waals surface area contributed by atoms with E-state index in [9.17, 15) is 9.90 Å². The molecule has 5 nitrogen and oxygen atoms in total. The number of carbonyl (C=O) groups is 1. The Morgan fingerprint density at radius 3 is 2.76 bits per heavy atom. The Bertz CT molecular complexity index is 712. The summed E-state index contributed by atoms with van der Waals surface area (Å²) < 4.78 is 5.71. The van der Waals surface area contributed by atoms with E-state index >= 15 is 0 Å². The largest absolute Gasteiger partial charge is 0.508 e. The number of aromatic hydroxyl groups is 1. The highest BCUT2D eigenvalue weighted by Gasteiger charge is 2.23. The number of phenolic OH excluding ortho intramolecular Hbond substituents is 1. The second-order valence-corrected chi connectivity index (χ2v) is 6.56. The molecular weight excluding hydrogens is 316 g/mol. The van der Waals surface area contributed by atoms with Gasteiger partial charge in [0, 0.05) is 32.1 Å². The van der Waals surface area contributed by atoms with E-state index in [1.165, 1.54) is 0 Å². The fraction of sp³-hybridized carbons (Fsp3) is 0.400. The SMILES string of the molecule is Cc1ccc(CC(=O)N(Cc2ccncc2)C[C@H]2CCCO2)cc1O. The van der Waals surface area contributed by atoms with Crippen LogP contribution in [0.5, 0.6) is 5.75 Å². The van der Waals surface area contributed by atoms with Crippen LogP contribution >= 0.6 is 0 Å². The summed E-state index contributed by atoms with van der Waals surface area (Å²) in [6.45, 7) is 3.75. The van der Waals surface area contributed by atoms with Gasteiger partial charge in [-0.1, -0.05) is 12.1 Å². The number of phenols is 1. The molecule has 25 heavy (non-hydrogen) atoms. The summed E-state index contributed by atoms with van der Waals surface area (Å²) in [5.41, 5.74) is 2.68. The molecule has 3 rings (SSSR count). The number of amides is 1. The van der Waals surface area contributed by atoms with Crippen LogP contribution < -0.4 is 0 Å². The number of pyridine rings is 1. The molecule has 1 aliphatic rings. The van der Waals surface area contributed by atoms with E-state index < -0.39 is 0 Å². The Hall–Kier alpha value is -2.40. The molecule has 2 aromatic rings. The first-order chi connectivity index (χ1) is 12.1. The number of aryl methyl sites for hydroxylation is 1. The van der Waals surface area contributed by atoms with Crippen LogP contribution in [0.4, 0.5) is 0 Å². The fourth-order valence-electron chi connectivity index (χ4n) is 3.05. The van der Waals surface area contributed by atoms with Crippen LogP contribution in [-0.4, -0.2) is 40.2 Å². The standard InChI is InChI=1S/C20H24N2O3/c1-15-4-5-17(11-19(15)23)12-20(24)22(14-18-3-2-10-25-18)13-16-6-8-21-9-7-16/h4-9,11,18,23H,2-3,10,12-14H2,1H3/t18-/m1/s1. The molecule has 0 radical (unpaired) electrons. The van der Waals surface area contributed by atoms with Gasteiger partial charge in [-0.25, -0.2) is 0 Å². The van der Waals surface area contributed by atoms with Gasteiger partial charge in [0.2, 0.25) is 5.91 Å². The van der Waals surface area contributed by atoms with Crippen molar-refractivity contribution in [3.63, 3.8) is 0 Å². The minimum atomic E-state index is 0.0376. The van der Waals surface area contributed by atoms with E-state index in [0.29, 0.717) is 13.1 Å². The van der Waals surface area contributed by atoms with E-state index in [2.05, 4.69) is 4.98 Å². The summed E-state index contributed by atoms with van der Waals surface area (Å²) in [5, 5.41) is 9.86. The molecule has 0 aliphatic carbocycles. The number of benzene rings is 1. The van der Waals surface area contributed by atoms with Crippen molar-refractivity contribution in [1.29, 1.82) is 0 Å². The van der Waals surface area contributed by atoms with Crippen LogP contribution in [0.25, 0.3) is 0 Å². The molecule has 2 heterocycles. The summed E-state index contributed by atoms with van der Waals surface area (Å²) in [7, 11) is 0. The average molecular weight is 340 g/mol. The van der Waals surface area contributed by atoms with Crippen molar-refractivity contribution in [2.75, 3.05) is 13.2 Å². The van der Waals surface area contributed by atoms with Crippen LogP contribution in [0, 0.1) is 6.92 Å². The molecule has 1 fully saturated rings. The minimum Gasteiger partial charge on any atom is -0.508 e. The monoisotopic (exact) mass is 340 g/mol. The van der Waals surface area contributed by atoms with Crippen molar-refractivity contribution in [3.05, 3.63) is 59.4 Å². The second-order valence-electron chi connectivity index (χ2n) is 6.56. The molecule has 0 unspecified atom stereocenters. The molecule has 132 valence electrons. The van der Waals surface area contributed by atoms with Crippen molar-refractivity contribution in [2.24, 2.45) is 0 Å². The minimum absolute atomic E-state index is 0.0376. The van der Waals surface area contributed by atoms with E-state index in [1.807, 2.05) is 36.1 Å². The Labute approximate surface area is 148 Å². The molecule has 1 amide bonds. The predicted molar refractivity (Wildman–Crippen MR) is 95.2 cm³/mol. The zero-order valence-corrected chi connectivity index (χ0v) is 14.5. The summed E-state index contributed by atoms with van der Waals surface area (Å²) in [6, 6.07) is 9.25. The molecular formula is C20H24N2O3. The zero-order chi connectivity index (χ0) is 17.6. The van der Waals surface area contributed by atoms with E-state index in [1.54, 1.807) is 18.5 Å². The highest BCUT2D eigenvalue weighted by molar-refractivity contribution is 5.79. The second kappa shape index (κ2) is 8.12. The first kappa shape index (κ1) is 17.4. The Kier molecular flexibility index (Phi) is 5.66. The van der Waals surface area contributed by atoms with Gasteiger partial charge in [0.05, 0.1) is 12.5 Å². The van der Waals surface area contributed by atoms with Crippen LogP contribution in [0.1, 0.15) is 29.5 Å². The Balaban J connectivity index is 1.72. The molecule has 5 heteroatoms. The summed E-state index contributed by atoms with van der Waals surface area (Å²) in [4.78, 5) is 18.8. The Morgan fingerprint density at radius 2 is 2.08 bits per heavy atom. The van der Waals surface area contributed by atoms with Gasteiger partial charge < -0.3 is 14.7 Å². The van der Waals surface area contributed by atoms with Gasteiger partial charge in [-0.3, -0.25) is 9.78 Å². The van der Waals surface area contributed by atoms with E-state index in [4.69, 9.17) is 4.74 Å². The van der Waals surface area contributed by atoms with Gasteiger partial charge in [-0.05, 0) is 54.7 Å². The maximum Gasteiger partial charge on any atom is 0.227 e. The predicted octanol–water partition coefficient (Wildman–Crippen LogP) is 2.85. The lowest BCUT2D eigenvalue weighted by Crippen LogP contribution is -2.37. The molecule has 1 N–H and O–H groups in total. The molecule has 1 aromatic heterocycles. The van der Waals surface area contributed by atoms with Gasteiger partial charge in [0.25, 0.3) is 0 Å². The molecule has 1 aliphatic heterocycles. The summed E-state index contributed by atoms with van der Waals surface area (Å²) >= 11 is 0. The van der Waals surface area contributed by atoms with Crippen LogP contribution in [0.15, 0.2) is 42.7 Å². The summed E-state index contributed by atoms with van der Waals surface area (Å²) in [6.07, 6.45) is 5.90. The van der Waals surface area contributed by atoms with Gasteiger partial charge in [0.1, 0.15) is 5.75 Å². The maximum atomic E-state index is 12.9. The highest BCUT2D eigenvalue weighted by atomic mass is 16.5.